The SMILES string of the molecule is CCCF.[AlH3]. The lowest BCUT2D eigenvalue weighted by Crippen LogP contribution is -1.58. The normalized spacial score (nSPS) is 6.00. The van der Waals surface area contributed by atoms with Gasteiger partial charge in [0.1, 0.15) is 0 Å². The Balaban J connectivity index is 0. The average molecular weight is 92.1 g/mol. The molecule has 0 aromatic carbocycles. The number of hydrogen-bond donors (Lipinski definition) is 0. The molecule has 32 valence electrons. The first-order valence-electron chi connectivity index (χ1n) is 1.47. The lowest BCUT2D eigenvalue weighted by atomic mass is 10.6. The summed E-state index contributed by atoms with van der Waals surface area (Å²) in [5.41, 5.74) is 0. The van der Waals surface area contributed by atoms with Gasteiger partial charge in [0.15, 0.2) is 17.4 Å². The molecule has 0 nitrogen and oxygen atoms in total. The molecule has 0 aliphatic rings. The summed E-state index contributed by atoms with van der Waals surface area (Å²) in [6.07, 6.45) is 0.653. The molecule has 0 aromatic heterocycles. The minimum absolute atomic E-state index is 0. The fraction of sp³-hybridized carbons (Fsp3) is 1.00. The third-order valence-corrected chi connectivity index (χ3v) is 0.189. The Bertz CT molecular complexity index is 8.85. The van der Waals surface area contributed by atoms with Crippen molar-refractivity contribution < 1.29 is 4.39 Å². The van der Waals surface area contributed by atoms with Crippen LogP contribution in [-0.4, -0.2) is 24.0 Å². The summed E-state index contributed by atoms with van der Waals surface area (Å²) >= 11 is 0. The molecule has 2 heteroatoms. The smallest absolute Gasteiger partial charge is 0.187 e. The molecule has 5 heavy (non-hydrogen) atoms. The van der Waals surface area contributed by atoms with Crippen molar-refractivity contribution in [3.8, 4) is 0 Å². The summed E-state index contributed by atoms with van der Waals surface area (Å²) in [4.78, 5) is 0. The second kappa shape index (κ2) is 8.82. The van der Waals surface area contributed by atoms with Crippen LogP contribution in [0.15, 0.2) is 0 Å². The molecule has 0 saturated carbocycles. The maximum atomic E-state index is 10.7. The molecule has 0 fully saturated rings. The van der Waals surface area contributed by atoms with Gasteiger partial charge in [0, 0.05) is 0 Å². The molecular formula is C3H10AlF. The first-order chi connectivity index (χ1) is 1.91. The Hall–Kier alpha value is 0.462. The van der Waals surface area contributed by atoms with Crippen molar-refractivity contribution in [2.24, 2.45) is 0 Å². The highest BCUT2D eigenvalue weighted by molar-refractivity contribution is 5.75. The highest BCUT2D eigenvalue weighted by Crippen LogP contribution is 1.69. The third kappa shape index (κ3) is 12.7. The third-order valence-electron chi connectivity index (χ3n) is 0.189. The van der Waals surface area contributed by atoms with E-state index in [-0.39, 0.29) is 24.0 Å². The number of rotatable bonds is 1. The molecule has 0 amide bonds. The van der Waals surface area contributed by atoms with E-state index in [1.165, 1.54) is 0 Å². The highest BCUT2D eigenvalue weighted by atomic mass is 27.0. The molecule has 0 atom stereocenters. The van der Waals surface area contributed by atoms with Crippen molar-refractivity contribution in [3.05, 3.63) is 0 Å². The first kappa shape index (κ1) is 9.07. The van der Waals surface area contributed by atoms with Crippen molar-refractivity contribution in [2.75, 3.05) is 6.67 Å². The molecule has 0 radical (unpaired) electrons. The van der Waals surface area contributed by atoms with E-state index in [9.17, 15) is 4.39 Å². The van der Waals surface area contributed by atoms with Crippen LogP contribution in [0.2, 0.25) is 0 Å². The Morgan fingerprint density at radius 3 is 1.80 bits per heavy atom. The van der Waals surface area contributed by atoms with Gasteiger partial charge in [-0.1, -0.05) is 6.92 Å². The van der Waals surface area contributed by atoms with Gasteiger partial charge in [0.2, 0.25) is 0 Å². The largest absolute Gasteiger partial charge is 0.251 e. The zero-order valence-electron chi connectivity index (χ0n) is 2.79. The fourth-order valence-electron chi connectivity index (χ4n) is 0. The van der Waals surface area contributed by atoms with Crippen LogP contribution in [0.3, 0.4) is 0 Å². The van der Waals surface area contributed by atoms with Gasteiger partial charge in [0.05, 0.1) is 6.67 Å². The van der Waals surface area contributed by atoms with Crippen molar-refractivity contribution in [2.45, 2.75) is 13.3 Å². The van der Waals surface area contributed by atoms with E-state index < -0.39 is 0 Å². The second-order valence-corrected chi connectivity index (χ2v) is 0.689. The summed E-state index contributed by atoms with van der Waals surface area (Å²) in [7, 11) is 0. The van der Waals surface area contributed by atoms with Gasteiger partial charge < -0.3 is 0 Å². The standard InChI is InChI=1S/C3H7F.Al.3H/c1-2-3-4;;;;/h2-3H2,1H3;;;;. The molecule has 0 rings (SSSR count). The van der Waals surface area contributed by atoms with Gasteiger partial charge in [-0.05, 0) is 6.42 Å². The van der Waals surface area contributed by atoms with Gasteiger partial charge in [-0.3, -0.25) is 4.39 Å². The molecule has 0 aliphatic heterocycles. The lowest BCUT2D eigenvalue weighted by molar-refractivity contribution is 0.487. The zero-order chi connectivity index (χ0) is 3.41. The fourth-order valence-corrected chi connectivity index (χ4v) is 0. The van der Waals surface area contributed by atoms with E-state index in [4.69, 9.17) is 0 Å². The molecule has 0 aromatic rings. The Morgan fingerprint density at radius 2 is 1.80 bits per heavy atom. The highest BCUT2D eigenvalue weighted by Gasteiger charge is 1.60. The van der Waals surface area contributed by atoms with Crippen molar-refractivity contribution >= 4 is 17.4 Å². The predicted octanol–water partition coefficient (Wildman–Crippen LogP) is 0.182. The van der Waals surface area contributed by atoms with Crippen molar-refractivity contribution in [1.29, 1.82) is 0 Å². The van der Waals surface area contributed by atoms with Crippen LogP contribution in [0.25, 0.3) is 0 Å². The van der Waals surface area contributed by atoms with E-state index in [0.29, 0.717) is 6.42 Å². The quantitative estimate of drug-likeness (QED) is 0.405. The van der Waals surface area contributed by atoms with Crippen LogP contribution < -0.4 is 0 Å². The number of hydrogen-bond acceptors (Lipinski definition) is 0. The minimum Gasteiger partial charge on any atom is -0.251 e. The van der Waals surface area contributed by atoms with Crippen LogP contribution in [0.4, 0.5) is 4.39 Å². The van der Waals surface area contributed by atoms with Gasteiger partial charge in [0.25, 0.3) is 0 Å². The Morgan fingerprint density at radius 1 is 1.60 bits per heavy atom. The monoisotopic (exact) mass is 92.1 g/mol. The van der Waals surface area contributed by atoms with Crippen LogP contribution in [0.1, 0.15) is 13.3 Å². The lowest BCUT2D eigenvalue weighted by Gasteiger charge is -1.64. The second-order valence-electron chi connectivity index (χ2n) is 0.689. The zero-order valence-corrected chi connectivity index (χ0v) is 2.79. The van der Waals surface area contributed by atoms with E-state index in [1.54, 1.807) is 6.92 Å². The van der Waals surface area contributed by atoms with Crippen molar-refractivity contribution in [3.63, 3.8) is 0 Å². The maximum absolute atomic E-state index is 10.7. The predicted molar refractivity (Wildman–Crippen MR) is 26.2 cm³/mol. The molecular weight excluding hydrogens is 82.0 g/mol. The van der Waals surface area contributed by atoms with Crippen LogP contribution in [0.5, 0.6) is 0 Å². The van der Waals surface area contributed by atoms with Crippen molar-refractivity contribution in [1.82, 2.24) is 0 Å². The average Bonchev–Trinajstić information content (AvgIpc) is 1.37. The van der Waals surface area contributed by atoms with Crippen LogP contribution in [-0.2, 0) is 0 Å². The van der Waals surface area contributed by atoms with E-state index in [1.807, 2.05) is 0 Å². The summed E-state index contributed by atoms with van der Waals surface area (Å²) in [5.74, 6) is 0. The molecule has 0 unspecified atom stereocenters. The van der Waals surface area contributed by atoms with Gasteiger partial charge in [-0.25, -0.2) is 0 Å². The van der Waals surface area contributed by atoms with Gasteiger partial charge in [-0.2, -0.15) is 0 Å². The molecule has 0 spiro atoms. The number of alkyl halides is 1. The molecule has 0 saturated heterocycles. The summed E-state index contributed by atoms with van der Waals surface area (Å²) in [6, 6.07) is 0. The van der Waals surface area contributed by atoms with E-state index in [0.717, 1.165) is 0 Å². The molecule has 0 aliphatic carbocycles. The first-order valence-corrected chi connectivity index (χ1v) is 1.47. The van der Waals surface area contributed by atoms with Crippen LogP contribution >= 0.6 is 0 Å². The molecule has 0 heterocycles. The minimum atomic E-state index is -0.181. The van der Waals surface area contributed by atoms with Crippen LogP contribution in [0, 0.1) is 0 Å². The molecule has 0 bridgehead atoms. The molecule has 0 N–H and O–H groups in total. The van der Waals surface area contributed by atoms with E-state index >= 15 is 0 Å². The van der Waals surface area contributed by atoms with Gasteiger partial charge in [-0.15, -0.1) is 0 Å². The summed E-state index contributed by atoms with van der Waals surface area (Å²) in [6.45, 7) is 1.62. The maximum Gasteiger partial charge on any atom is 0.187 e. The Kier molecular flexibility index (Phi) is 16.0. The van der Waals surface area contributed by atoms with Gasteiger partial charge >= 0.3 is 0 Å². The topological polar surface area (TPSA) is 0 Å². The Labute approximate surface area is 42.5 Å². The van der Waals surface area contributed by atoms with E-state index in [2.05, 4.69) is 0 Å². The summed E-state index contributed by atoms with van der Waals surface area (Å²) in [5, 5.41) is 0. The summed E-state index contributed by atoms with van der Waals surface area (Å²) < 4.78 is 10.7. The number of halogens is 1.